The van der Waals surface area contributed by atoms with Crippen LogP contribution in [-0.2, 0) is 87.6 Å². The number of hydrogen-bond donors (Lipinski definition) is 0. The minimum absolute atomic E-state index is 0. The van der Waals surface area contributed by atoms with E-state index in [1.165, 1.54) is 27.5 Å². The van der Waals surface area contributed by atoms with Crippen molar-refractivity contribution in [2.75, 3.05) is 18.0 Å². The van der Waals surface area contributed by atoms with Crippen LogP contribution in [0.15, 0.2) is 377 Å². The summed E-state index contributed by atoms with van der Waals surface area (Å²) in [6.45, 7) is 6.00. The van der Waals surface area contributed by atoms with Crippen molar-refractivity contribution in [2.24, 2.45) is 0 Å². The molecule has 12 aromatic heterocycles. The minimum Gasteiger partial charge on any atom is -0.496 e. The first-order valence-electron chi connectivity index (χ1n) is 38.5. The van der Waals surface area contributed by atoms with E-state index in [1.54, 1.807) is 90.6 Å². The largest absolute Gasteiger partial charge is 0.496 e. The number of alkyl halides is 3. The quantitative estimate of drug-likeness (QED) is 0.0919. The van der Waals surface area contributed by atoms with Gasteiger partial charge in [0.15, 0.2) is 0 Å². The number of benzene rings is 9. The SMILES string of the molecule is CCN(CC)c1ccc2[c-]c(-c3ccccn3)c(=O)oc2c1.FC(F)(F)c1ccc(-c2[c-]cccc2)nc1.O=c1oc2ccccc2[c-]c1-c1ccc2ccccc2n1.O=c1oc2ccccc2[c-]c1-c1ccccn1.O=c1oc2ccccc2[c-]c1-c1nc2ccccc2s1.[Ir].[Ir].[Ir].[Pt].[c-]1c(-c2ccccn2)sc2ccccc12.[c-]1ccccc1-c1ccccn1. The number of pyridine rings is 6. The molecule has 3 radical (unpaired) electrons. The summed E-state index contributed by atoms with van der Waals surface area (Å²) >= 11 is 3.20. The van der Waals surface area contributed by atoms with E-state index in [-0.39, 0.29) is 81.4 Å². The van der Waals surface area contributed by atoms with E-state index >= 15 is 0 Å². The van der Waals surface area contributed by atoms with Gasteiger partial charge in [-0.1, -0.05) is 197 Å². The summed E-state index contributed by atoms with van der Waals surface area (Å²) in [4.78, 5) is 81.1. The maximum absolute atomic E-state index is 12.3. The van der Waals surface area contributed by atoms with Crippen LogP contribution in [0, 0.1) is 42.5 Å². The first kappa shape index (κ1) is 94.7. The maximum Gasteiger partial charge on any atom is 0.417 e. The van der Waals surface area contributed by atoms with Gasteiger partial charge in [-0.15, -0.1) is 144 Å². The Hall–Kier alpha value is -12.9. The molecule has 0 atom stereocenters. The van der Waals surface area contributed by atoms with Crippen LogP contribution in [-0.4, -0.2) is 48.0 Å². The number of thiophene rings is 1. The third-order valence-electron chi connectivity index (χ3n) is 18.6. The Morgan fingerprint density at radius 3 is 1.25 bits per heavy atom. The molecule has 0 unspecified atom stereocenters. The molecule has 0 aliphatic carbocycles. The zero-order valence-corrected chi connectivity index (χ0v) is 77.9. The molecule has 127 heavy (non-hydrogen) atoms. The van der Waals surface area contributed by atoms with Gasteiger partial charge in [-0.05, 0) is 111 Å². The number of anilines is 1. The van der Waals surface area contributed by atoms with Gasteiger partial charge >= 0.3 is 6.18 Å². The molecular weight excluding hydrogens is 2360 g/mol. The molecule has 639 valence electrons. The standard InChI is InChI=1S/C18H17N2O2.C18H10NO2.C16H8NO2S.C14H8NO2.C13H8NS.C12H7F3N.C11H8N.3Ir.Pt/c1-3-20(4-2)14-9-8-13-11-15(16-7-5-6-10-19-16)18(21)22-17(13)12-14;20-18-14(11-13-6-2-4-8-17(13)21-18)16-10-9-12-5-1-3-7-15(12)19-16;18-16-11(9-10-5-1-3-7-13(10)19-16)15-17-12-6-2-4-8-14(12)20-15;16-14-11(12-6-3-4-8-15-12)9-10-5-1-2-7-13(10)17-14;1-2-7-12-10(5-1)9-13(15-12)11-6-3-4-8-14-11;13-12(14,15)10-6-7-11(16-8-10)9-4-2-1-3-5-9;1-2-6-10(7-3-1)11-8-4-5-9-12-11;;;;/h5-10,12H,3-4H2,1-2H3;1-10H;1-8H;1-8H;1-8H;1-4,6-8H;1-6,8-9H;;;;/q7*-1;;;;. The molecule has 0 bridgehead atoms. The fraction of sp³-hybridized carbons (Fsp3) is 0.0490. The topological polar surface area (TPSA) is 214 Å². The second kappa shape index (κ2) is 45.8. The van der Waals surface area contributed by atoms with Crippen molar-refractivity contribution in [3.05, 3.63) is 430 Å². The summed E-state index contributed by atoms with van der Waals surface area (Å²) in [7, 11) is 0. The number of halogens is 3. The number of fused-ring (bicyclic) bond motifs is 7. The molecule has 0 aliphatic heterocycles. The number of para-hydroxylation sites is 5. The Morgan fingerprint density at radius 2 is 0.772 bits per heavy atom. The Bertz CT molecular complexity index is 7320. The van der Waals surface area contributed by atoms with Crippen molar-refractivity contribution < 1.29 is 112 Å². The number of aromatic nitrogens is 7. The van der Waals surface area contributed by atoms with Crippen LogP contribution < -0.4 is 27.4 Å². The third kappa shape index (κ3) is 24.4. The normalized spacial score (nSPS) is 10.5. The van der Waals surface area contributed by atoms with Gasteiger partial charge in [0.1, 0.15) is 0 Å². The zero-order chi connectivity index (χ0) is 84.9. The molecule has 0 N–H and O–H groups in total. The monoisotopic (exact) mass is 2430 g/mol. The Labute approximate surface area is 789 Å². The molecule has 0 aliphatic rings. The van der Waals surface area contributed by atoms with Crippen molar-refractivity contribution in [2.45, 2.75) is 20.0 Å². The van der Waals surface area contributed by atoms with Crippen LogP contribution >= 0.6 is 22.7 Å². The van der Waals surface area contributed by atoms with E-state index < -0.39 is 34.2 Å². The summed E-state index contributed by atoms with van der Waals surface area (Å²) in [5.74, 6) is 0. The fourth-order valence-electron chi connectivity index (χ4n) is 12.5. The maximum atomic E-state index is 12.3. The van der Waals surface area contributed by atoms with E-state index in [0.717, 1.165) is 95.5 Å². The van der Waals surface area contributed by atoms with Crippen LogP contribution in [0.25, 0.3) is 153 Å². The van der Waals surface area contributed by atoms with E-state index in [4.69, 9.17) is 17.7 Å². The van der Waals surface area contributed by atoms with E-state index in [9.17, 15) is 32.3 Å². The van der Waals surface area contributed by atoms with Crippen molar-refractivity contribution in [3.63, 3.8) is 0 Å². The first-order chi connectivity index (χ1) is 60.2. The molecule has 21 rings (SSSR count). The van der Waals surface area contributed by atoms with Crippen LogP contribution in [0.5, 0.6) is 0 Å². The van der Waals surface area contributed by atoms with Crippen LogP contribution in [0.3, 0.4) is 0 Å². The van der Waals surface area contributed by atoms with E-state index in [2.05, 4.69) is 114 Å². The Morgan fingerprint density at radius 1 is 0.354 bits per heavy atom. The second-order valence-electron chi connectivity index (χ2n) is 26.7. The van der Waals surface area contributed by atoms with Gasteiger partial charge in [-0.3, -0.25) is 39.1 Å². The second-order valence-corrected chi connectivity index (χ2v) is 28.8. The molecule has 0 spiro atoms. The number of hydrogen-bond acceptors (Lipinski definition) is 18. The smallest absolute Gasteiger partial charge is 0.417 e. The molecular formula is C102H66F3Ir3N8O8PtS2-7. The summed E-state index contributed by atoms with van der Waals surface area (Å²) in [5.41, 5.74) is 9.92. The molecule has 0 amide bonds. The van der Waals surface area contributed by atoms with Crippen molar-refractivity contribution in [1.82, 2.24) is 34.9 Å². The summed E-state index contributed by atoms with van der Waals surface area (Å²) in [5, 5.41) is 5.94. The van der Waals surface area contributed by atoms with Gasteiger partial charge in [-0.25, -0.2) is 11.3 Å². The predicted molar refractivity (Wildman–Crippen MR) is 481 cm³/mol. The van der Waals surface area contributed by atoms with Gasteiger partial charge in [-0.2, -0.15) is 24.5 Å². The van der Waals surface area contributed by atoms with Crippen LogP contribution in [0.4, 0.5) is 18.9 Å². The molecule has 21 aromatic rings. The van der Waals surface area contributed by atoms with Crippen LogP contribution in [0.2, 0.25) is 0 Å². The van der Waals surface area contributed by atoms with Crippen molar-refractivity contribution in [3.8, 4) is 77.4 Å². The van der Waals surface area contributed by atoms with Gasteiger partial charge in [0.25, 0.3) is 22.5 Å². The minimum atomic E-state index is -4.34. The van der Waals surface area contributed by atoms with Gasteiger partial charge in [0.2, 0.25) is 0 Å². The first-order valence-corrected chi connectivity index (χ1v) is 40.2. The number of rotatable bonds is 10. The molecule has 0 fully saturated rings. The fourth-order valence-corrected chi connectivity index (χ4v) is 14.5. The van der Waals surface area contributed by atoms with Crippen LogP contribution in [0.1, 0.15) is 19.4 Å². The molecule has 25 heteroatoms. The summed E-state index contributed by atoms with van der Waals surface area (Å²) in [6.07, 6.45) is 3.37. The van der Waals surface area contributed by atoms with Crippen molar-refractivity contribution >= 4 is 103 Å². The number of thiazole rings is 1. The molecule has 0 saturated carbocycles. The number of nitrogens with zero attached hydrogens (tertiary/aromatic N) is 8. The molecule has 16 nitrogen and oxygen atoms in total. The summed E-state index contributed by atoms with van der Waals surface area (Å²) < 4.78 is 60.5. The molecule has 12 heterocycles. The van der Waals surface area contributed by atoms with Gasteiger partial charge in [0, 0.05) is 159 Å². The van der Waals surface area contributed by atoms with E-state index in [0.29, 0.717) is 77.9 Å². The predicted octanol–water partition coefficient (Wildman–Crippen LogP) is 23.7. The van der Waals surface area contributed by atoms with Gasteiger partial charge in [0.05, 0.1) is 43.9 Å². The molecule has 9 aromatic carbocycles. The van der Waals surface area contributed by atoms with Crippen molar-refractivity contribution in [1.29, 1.82) is 0 Å². The average Bonchev–Trinajstić information content (AvgIpc) is 1.72. The van der Waals surface area contributed by atoms with Gasteiger partial charge < -0.3 is 37.5 Å². The summed E-state index contributed by atoms with van der Waals surface area (Å²) in [6, 6.07) is 117. The molecule has 0 saturated heterocycles. The average molecular weight is 2420 g/mol. The zero-order valence-electron chi connectivity index (χ0n) is 66.9. The third-order valence-corrected chi connectivity index (χ3v) is 20.7. The Balaban J connectivity index is 0.000000144. The Kier molecular flexibility index (Phi) is 34.2. The van der Waals surface area contributed by atoms with E-state index in [1.807, 2.05) is 225 Å².